The molecule has 0 saturated heterocycles. The molecular formula is C16H14ClN3O2S. The van der Waals surface area contributed by atoms with E-state index in [9.17, 15) is 8.42 Å². The summed E-state index contributed by atoms with van der Waals surface area (Å²) < 4.78 is 24.3. The standard InChI is InChI=1S/C16H14ClN3O2S/c1-11-2-5-14(6-3-11)23(21,22)20-19-10-12-9-18-16-8-13(17)4-7-15(12)16/h2-10,18,20H,1H3/b19-10+. The summed E-state index contributed by atoms with van der Waals surface area (Å²) in [5.41, 5.74) is 2.62. The quantitative estimate of drug-likeness (QED) is 0.560. The van der Waals surface area contributed by atoms with Crippen molar-refractivity contribution in [1.29, 1.82) is 0 Å². The first-order valence-electron chi connectivity index (χ1n) is 6.84. The monoisotopic (exact) mass is 347 g/mol. The lowest BCUT2D eigenvalue weighted by Gasteiger charge is -2.03. The summed E-state index contributed by atoms with van der Waals surface area (Å²) in [6.45, 7) is 1.89. The average molecular weight is 348 g/mol. The first kappa shape index (κ1) is 15.6. The molecule has 0 aliphatic rings. The van der Waals surface area contributed by atoms with E-state index in [2.05, 4.69) is 14.9 Å². The Morgan fingerprint density at radius 1 is 1.17 bits per heavy atom. The zero-order valence-corrected chi connectivity index (χ0v) is 13.8. The zero-order chi connectivity index (χ0) is 16.4. The number of aromatic nitrogens is 1. The summed E-state index contributed by atoms with van der Waals surface area (Å²) in [6, 6.07) is 12.0. The number of rotatable bonds is 4. The van der Waals surface area contributed by atoms with Crippen molar-refractivity contribution in [3.8, 4) is 0 Å². The number of sulfonamides is 1. The molecule has 0 saturated carbocycles. The van der Waals surface area contributed by atoms with Gasteiger partial charge in [-0.25, -0.2) is 4.83 Å². The van der Waals surface area contributed by atoms with Crippen molar-refractivity contribution < 1.29 is 8.42 Å². The maximum Gasteiger partial charge on any atom is 0.276 e. The number of halogens is 1. The fraction of sp³-hybridized carbons (Fsp3) is 0.0625. The molecule has 0 atom stereocenters. The highest BCUT2D eigenvalue weighted by Gasteiger charge is 2.12. The third-order valence-electron chi connectivity index (χ3n) is 3.38. The molecule has 5 nitrogen and oxygen atoms in total. The normalized spacial score (nSPS) is 12.1. The van der Waals surface area contributed by atoms with Crippen molar-refractivity contribution in [2.24, 2.45) is 5.10 Å². The van der Waals surface area contributed by atoms with Gasteiger partial charge in [0.2, 0.25) is 0 Å². The first-order chi connectivity index (χ1) is 11.0. The third kappa shape index (κ3) is 3.38. The van der Waals surface area contributed by atoms with Gasteiger partial charge >= 0.3 is 0 Å². The van der Waals surface area contributed by atoms with Crippen LogP contribution >= 0.6 is 11.6 Å². The Balaban J connectivity index is 1.81. The van der Waals surface area contributed by atoms with Crippen LogP contribution in [0.2, 0.25) is 5.02 Å². The van der Waals surface area contributed by atoms with Gasteiger partial charge in [0.1, 0.15) is 0 Å². The van der Waals surface area contributed by atoms with Gasteiger partial charge in [-0.05, 0) is 31.2 Å². The molecule has 0 fully saturated rings. The summed E-state index contributed by atoms with van der Waals surface area (Å²) in [5, 5.41) is 5.38. The molecule has 3 aromatic rings. The molecule has 0 aliphatic heterocycles. The van der Waals surface area contributed by atoms with Gasteiger partial charge in [-0.1, -0.05) is 35.4 Å². The molecule has 0 spiro atoms. The number of aryl methyl sites for hydroxylation is 1. The van der Waals surface area contributed by atoms with E-state index in [4.69, 9.17) is 11.6 Å². The second-order valence-corrected chi connectivity index (χ2v) is 7.20. The van der Waals surface area contributed by atoms with Crippen LogP contribution in [0.25, 0.3) is 10.9 Å². The highest BCUT2D eigenvalue weighted by atomic mass is 35.5. The highest BCUT2D eigenvalue weighted by molar-refractivity contribution is 7.89. The van der Waals surface area contributed by atoms with Crippen LogP contribution < -0.4 is 4.83 Å². The number of hydrogen-bond donors (Lipinski definition) is 2. The van der Waals surface area contributed by atoms with E-state index in [-0.39, 0.29) is 4.90 Å². The zero-order valence-electron chi connectivity index (χ0n) is 12.2. The van der Waals surface area contributed by atoms with Crippen LogP contribution in [0.15, 0.2) is 58.7 Å². The summed E-state index contributed by atoms with van der Waals surface area (Å²) >= 11 is 5.93. The van der Waals surface area contributed by atoms with Crippen molar-refractivity contribution >= 4 is 38.7 Å². The van der Waals surface area contributed by atoms with Gasteiger partial charge in [-0.3, -0.25) is 0 Å². The third-order valence-corrected chi connectivity index (χ3v) is 4.86. The van der Waals surface area contributed by atoms with Crippen molar-refractivity contribution in [3.05, 3.63) is 64.8 Å². The number of hydrazone groups is 1. The molecule has 0 unspecified atom stereocenters. The van der Waals surface area contributed by atoms with Gasteiger partial charge < -0.3 is 4.98 Å². The second kappa shape index (κ2) is 6.06. The van der Waals surface area contributed by atoms with Crippen molar-refractivity contribution in [2.45, 2.75) is 11.8 Å². The molecule has 118 valence electrons. The average Bonchev–Trinajstić information content (AvgIpc) is 2.90. The van der Waals surface area contributed by atoms with Crippen LogP contribution in [0, 0.1) is 6.92 Å². The highest BCUT2D eigenvalue weighted by Crippen LogP contribution is 2.20. The summed E-state index contributed by atoms with van der Waals surface area (Å²) in [7, 11) is -3.67. The molecule has 1 heterocycles. The lowest BCUT2D eigenvalue weighted by atomic mass is 10.2. The fourth-order valence-electron chi connectivity index (χ4n) is 2.16. The number of nitrogens with one attached hydrogen (secondary N) is 2. The molecule has 3 rings (SSSR count). The van der Waals surface area contributed by atoms with Crippen LogP contribution in [0.3, 0.4) is 0 Å². The molecule has 0 radical (unpaired) electrons. The predicted octanol–water partition coefficient (Wildman–Crippen LogP) is 3.44. The van der Waals surface area contributed by atoms with E-state index in [0.29, 0.717) is 5.02 Å². The molecule has 2 aromatic carbocycles. The Morgan fingerprint density at radius 2 is 1.91 bits per heavy atom. The van der Waals surface area contributed by atoms with Gasteiger partial charge in [0.25, 0.3) is 10.0 Å². The van der Waals surface area contributed by atoms with Gasteiger partial charge in [-0.15, -0.1) is 0 Å². The first-order valence-corrected chi connectivity index (χ1v) is 8.70. The van der Waals surface area contributed by atoms with Crippen LogP contribution in [-0.2, 0) is 10.0 Å². The van der Waals surface area contributed by atoms with Crippen LogP contribution in [-0.4, -0.2) is 19.6 Å². The van der Waals surface area contributed by atoms with E-state index in [0.717, 1.165) is 22.0 Å². The van der Waals surface area contributed by atoms with Gasteiger partial charge in [0.15, 0.2) is 0 Å². The van der Waals surface area contributed by atoms with Crippen LogP contribution in [0.1, 0.15) is 11.1 Å². The Labute approximate surface area is 139 Å². The maximum atomic E-state index is 12.1. The molecule has 0 bridgehead atoms. The Morgan fingerprint density at radius 3 is 2.65 bits per heavy atom. The summed E-state index contributed by atoms with van der Waals surface area (Å²) in [5.74, 6) is 0. The topological polar surface area (TPSA) is 74.3 Å². The minimum absolute atomic E-state index is 0.172. The van der Waals surface area contributed by atoms with Crippen molar-refractivity contribution in [1.82, 2.24) is 9.82 Å². The Kier molecular flexibility index (Phi) is 4.11. The van der Waals surface area contributed by atoms with E-state index in [1.807, 2.05) is 13.0 Å². The van der Waals surface area contributed by atoms with Crippen LogP contribution in [0.5, 0.6) is 0 Å². The second-order valence-electron chi connectivity index (χ2n) is 5.10. The molecular weight excluding hydrogens is 334 g/mol. The maximum absolute atomic E-state index is 12.1. The Hall–Kier alpha value is -2.31. The van der Waals surface area contributed by atoms with Crippen molar-refractivity contribution in [2.75, 3.05) is 0 Å². The molecule has 1 aromatic heterocycles. The minimum Gasteiger partial charge on any atom is -0.360 e. The minimum atomic E-state index is -3.67. The number of hydrogen-bond acceptors (Lipinski definition) is 3. The predicted molar refractivity (Wildman–Crippen MR) is 92.4 cm³/mol. The number of fused-ring (bicyclic) bond motifs is 1. The number of nitrogens with zero attached hydrogens (tertiary/aromatic N) is 1. The Bertz CT molecular complexity index is 976. The molecule has 7 heteroatoms. The molecule has 2 N–H and O–H groups in total. The largest absolute Gasteiger partial charge is 0.360 e. The molecule has 23 heavy (non-hydrogen) atoms. The number of H-pyrrole nitrogens is 1. The summed E-state index contributed by atoms with van der Waals surface area (Å²) in [6.07, 6.45) is 3.20. The van der Waals surface area contributed by atoms with Gasteiger partial charge in [0, 0.05) is 27.7 Å². The van der Waals surface area contributed by atoms with Gasteiger partial charge in [0.05, 0.1) is 11.1 Å². The number of benzene rings is 2. The molecule has 0 aliphatic carbocycles. The van der Waals surface area contributed by atoms with Crippen molar-refractivity contribution in [3.63, 3.8) is 0 Å². The van der Waals surface area contributed by atoms with E-state index in [1.54, 1.807) is 42.6 Å². The SMILES string of the molecule is Cc1ccc(S(=O)(=O)N/N=C/c2c[nH]c3cc(Cl)ccc23)cc1. The molecule has 0 amide bonds. The van der Waals surface area contributed by atoms with E-state index in [1.165, 1.54) is 6.21 Å². The van der Waals surface area contributed by atoms with E-state index >= 15 is 0 Å². The van der Waals surface area contributed by atoms with Crippen LogP contribution in [0.4, 0.5) is 0 Å². The lowest BCUT2D eigenvalue weighted by molar-refractivity contribution is 0.584. The lowest BCUT2D eigenvalue weighted by Crippen LogP contribution is -2.18. The number of aromatic amines is 1. The smallest absolute Gasteiger partial charge is 0.276 e. The fourth-order valence-corrected chi connectivity index (χ4v) is 3.13. The summed E-state index contributed by atoms with van der Waals surface area (Å²) in [4.78, 5) is 5.44. The van der Waals surface area contributed by atoms with Gasteiger partial charge in [-0.2, -0.15) is 13.5 Å². The van der Waals surface area contributed by atoms with E-state index < -0.39 is 10.0 Å².